The van der Waals surface area contributed by atoms with E-state index in [1.54, 1.807) is 0 Å². The number of hydrogen-bond acceptors (Lipinski definition) is 0. The lowest BCUT2D eigenvalue weighted by Gasteiger charge is -2.07. The van der Waals surface area contributed by atoms with Gasteiger partial charge in [0.05, 0.1) is 0 Å². The molecule has 0 spiro atoms. The smallest absolute Gasteiger partial charge is 0.0333 e. The summed E-state index contributed by atoms with van der Waals surface area (Å²) in [5, 5.41) is 5.46. The summed E-state index contributed by atoms with van der Waals surface area (Å²) >= 11 is 2.49. The Labute approximate surface area is 102 Å². The third-order valence-corrected chi connectivity index (χ3v) is 3.74. The van der Waals surface area contributed by atoms with Crippen LogP contribution in [-0.2, 0) is 0 Å². The maximum absolute atomic E-state index is 2.49. The lowest BCUT2D eigenvalue weighted by Crippen LogP contribution is -2.28. The van der Waals surface area contributed by atoms with Crippen molar-refractivity contribution in [3.8, 4) is 0 Å². The van der Waals surface area contributed by atoms with Crippen molar-refractivity contribution in [3.05, 3.63) is 46.8 Å². The topological polar surface area (TPSA) is 0 Å². The van der Waals surface area contributed by atoms with E-state index in [9.17, 15) is 0 Å². The highest BCUT2D eigenvalue weighted by atomic mass is 127. The molecule has 0 bridgehead atoms. The van der Waals surface area contributed by atoms with Crippen LogP contribution in [0.4, 0.5) is 0 Å². The second kappa shape index (κ2) is 3.63. The molecule has 2 aromatic rings. The van der Waals surface area contributed by atoms with E-state index >= 15 is 0 Å². The first-order chi connectivity index (χ1) is 7.33. The van der Waals surface area contributed by atoms with Crippen LogP contribution in [0.2, 0.25) is 0 Å². The minimum Gasteiger partial charge on any atom is -0.0777 e. The molecule has 0 aromatic heterocycles. The number of alkyl halides is 1. The fourth-order valence-electron chi connectivity index (χ4n) is 2.10. The van der Waals surface area contributed by atoms with Crippen LogP contribution in [0, 0.1) is 0 Å². The van der Waals surface area contributed by atoms with Gasteiger partial charge in [0, 0.05) is 3.92 Å². The fraction of sp³-hybridized carbons (Fsp3) is 0.143. The van der Waals surface area contributed by atoms with Crippen LogP contribution in [0.3, 0.4) is 0 Å². The van der Waals surface area contributed by atoms with Crippen LogP contribution in [0.15, 0.2) is 36.4 Å². The minimum absolute atomic E-state index is 0.649. The van der Waals surface area contributed by atoms with Crippen molar-refractivity contribution in [1.29, 1.82) is 0 Å². The van der Waals surface area contributed by atoms with E-state index in [4.69, 9.17) is 0 Å². The van der Waals surface area contributed by atoms with Crippen molar-refractivity contribution >= 4 is 45.5 Å². The molecule has 74 valence electrons. The summed E-state index contributed by atoms with van der Waals surface area (Å²) in [6.07, 6.45) is 5.87. The molecular weight excluding hydrogens is 295 g/mol. The van der Waals surface area contributed by atoms with Gasteiger partial charge < -0.3 is 0 Å². The molecule has 0 fully saturated rings. The van der Waals surface area contributed by atoms with Crippen LogP contribution < -0.4 is 10.4 Å². The van der Waals surface area contributed by atoms with Crippen LogP contribution in [-0.4, -0.2) is 3.92 Å². The van der Waals surface area contributed by atoms with Crippen LogP contribution in [0.25, 0.3) is 22.9 Å². The molecule has 0 unspecified atom stereocenters. The summed E-state index contributed by atoms with van der Waals surface area (Å²) in [7, 11) is 0. The predicted molar refractivity (Wildman–Crippen MR) is 74.6 cm³/mol. The highest BCUT2D eigenvalue weighted by molar-refractivity contribution is 14.1. The first-order valence-electron chi connectivity index (χ1n) is 5.18. The van der Waals surface area contributed by atoms with Crippen molar-refractivity contribution in [2.75, 3.05) is 0 Å². The summed E-state index contributed by atoms with van der Waals surface area (Å²) in [6, 6.07) is 13.2. The molecular formula is C14H11I. The Morgan fingerprint density at radius 2 is 1.67 bits per heavy atom. The highest BCUT2D eigenvalue weighted by Gasteiger charge is 2.03. The largest absolute Gasteiger partial charge is 0.0777 e. The molecule has 0 heterocycles. The summed E-state index contributed by atoms with van der Waals surface area (Å²) in [5.41, 5.74) is 0. The molecule has 0 saturated heterocycles. The Kier molecular flexibility index (Phi) is 2.28. The number of hydrogen-bond donors (Lipinski definition) is 0. The Bertz CT molecular complexity index is 625. The van der Waals surface area contributed by atoms with Crippen LogP contribution in [0.5, 0.6) is 0 Å². The summed E-state index contributed by atoms with van der Waals surface area (Å²) in [6.45, 7) is 0. The first kappa shape index (κ1) is 9.40. The van der Waals surface area contributed by atoms with Crippen molar-refractivity contribution in [2.24, 2.45) is 0 Å². The third-order valence-electron chi connectivity index (χ3n) is 2.87. The van der Waals surface area contributed by atoms with E-state index in [0.29, 0.717) is 3.92 Å². The van der Waals surface area contributed by atoms with E-state index in [1.165, 1.54) is 21.2 Å². The molecule has 0 N–H and O–H groups in total. The lowest BCUT2D eigenvalue weighted by atomic mass is 10.0. The summed E-state index contributed by atoms with van der Waals surface area (Å²) < 4.78 is 0.649. The van der Waals surface area contributed by atoms with Crippen LogP contribution >= 0.6 is 22.6 Å². The molecule has 2 aromatic carbocycles. The van der Waals surface area contributed by atoms with Gasteiger partial charge in [-0.05, 0) is 39.8 Å². The maximum Gasteiger partial charge on any atom is 0.0333 e. The SMILES string of the molecule is I[C@@H]1C=c2cc3ccccc3cc2=CC1. The Morgan fingerprint density at radius 3 is 2.40 bits per heavy atom. The molecule has 0 radical (unpaired) electrons. The molecule has 0 saturated carbocycles. The van der Waals surface area contributed by atoms with Crippen molar-refractivity contribution in [2.45, 2.75) is 10.3 Å². The molecule has 1 atom stereocenters. The normalized spacial score (nSPS) is 19.1. The fourth-order valence-corrected chi connectivity index (χ4v) is 2.74. The molecule has 0 nitrogen and oxygen atoms in total. The Balaban J connectivity index is 2.44. The van der Waals surface area contributed by atoms with Gasteiger partial charge in [-0.3, -0.25) is 0 Å². The molecule has 1 aliphatic rings. The van der Waals surface area contributed by atoms with Gasteiger partial charge in [0.25, 0.3) is 0 Å². The zero-order chi connectivity index (χ0) is 10.3. The molecule has 15 heavy (non-hydrogen) atoms. The van der Waals surface area contributed by atoms with Gasteiger partial charge in [-0.1, -0.05) is 59.0 Å². The number of benzene rings is 2. The zero-order valence-corrected chi connectivity index (χ0v) is 10.4. The minimum atomic E-state index is 0.649. The molecule has 1 aliphatic carbocycles. The summed E-state index contributed by atoms with van der Waals surface area (Å²) in [4.78, 5) is 0. The average molecular weight is 306 g/mol. The van der Waals surface area contributed by atoms with Crippen molar-refractivity contribution in [3.63, 3.8) is 0 Å². The van der Waals surface area contributed by atoms with Gasteiger partial charge in [-0.15, -0.1) is 0 Å². The molecule has 0 amide bonds. The van der Waals surface area contributed by atoms with Gasteiger partial charge >= 0.3 is 0 Å². The molecule has 0 aliphatic heterocycles. The second-order valence-electron chi connectivity index (χ2n) is 3.95. The second-order valence-corrected chi connectivity index (χ2v) is 5.55. The molecule has 3 rings (SSSR count). The number of rotatable bonds is 0. The van der Waals surface area contributed by atoms with Gasteiger partial charge in [0.2, 0.25) is 0 Å². The first-order valence-corrected chi connectivity index (χ1v) is 6.42. The lowest BCUT2D eigenvalue weighted by molar-refractivity contribution is 1.17. The number of fused-ring (bicyclic) bond motifs is 2. The standard InChI is InChI=1S/C14H11I/c15-14-6-5-12-7-10-3-1-2-4-11(10)8-13(12)9-14/h1-5,7-9,14H,6H2/t14-/m0/s1. The third kappa shape index (κ3) is 1.69. The van der Waals surface area contributed by atoms with E-state index in [-0.39, 0.29) is 0 Å². The van der Waals surface area contributed by atoms with Crippen molar-refractivity contribution < 1.29 is 0 Å². The van der Waals surface area contributed by atoms with E-state index in [0.717, 1.165) is 6.42 Å². The Morgan fingerprint density at radius 1 is 1.00 bits per heavy atom. The van der Waals surface area contributed by atoms with Gasteiger partial charge in [0.1, 0.15) is 0 Å². The van der Waals surface area contributed by atoms with Crippen molar-refractivity contribution in [1.82, 2.24) is 0 Å². The molecule has 1 heteroatoms. The van der Waals surface area contributed by atoms with Gasteiger partial charge in [0.15, 0.2) is 0 Å². The quantitative estimate of drug-likeness (QED) is 0.518. The Hall–Kier alpha value is -0.830. The predicted octanol–water partition coefficient (Wildman–Crippen LogP) is 2.61. The zero-order valence-electron chi connectivity index (χ0n) is 8.28. The van der Waals surface area contributed by atoms with Crippen LogP contribution in [0.1, 0.15) is 6.42 Å². The van der Waals surface area contributed by atoms with E-state index < -0.39 is 0 Å². The maximum atomic E-state index is 2.49. The van der Waals surface area contributed by atoms with E-state index in [2.05, 4.69) is 71.1 Å². The number of halogens is 1. The average Bonchev–Trinajstić information content (AvgIpc) is 2.26. The van der Waals surface area contributed by atoms with Gasteiger partial charge in [-0.2, -0.15) is 0 Å². The monoisotopic (exact) mass is 306 g/mol. The highest BCUT2D eigenvalue weighted by Crippen LogP contribution is 2.12. The summed E-state index contributed by atoms with van der Waals surface area (Å²) in [5.74, 6) is 0. The van der Waals surface area contributed by atoms with E-state index in [1.807, 2.05) is 0 Å². The van der Waals surface area contributed by atoms with Gasteiger partial charge in [-0.25, -0.2) is 0 Å².